The number of sulfone groups is 2. The molecule has 0 radical (unpaired) electrons. The number of ketones is 2. The van der Waals surface area contributed by atoms with Crippen molar-refractivity contribution in [3.63, 3.8) is 0 Å². The number of carbonyl (C=O) groups is 7. The zero-order chi connectivity index (χ0) is 65.1. The number of fused-ring (bicyclic) bond motifs is 4. The van der Waals surface area contributed by atoms with Crippen molar-refractivity contribution >= 4 is 129 Å². The van der Waals surface area contributed by atoms with Crippen LogP contribution in [0.25, 0.3) is 21.9 Å². The summed E-state index contributed by atoms with van der Waals surface area (Å²) in [4.78, 5) is 94.8. The molecule has 2 aliphatic rings. The fourth-order valence-corrected chi connectivity index (χ4v) is 13.8. The Morgan fingerprint density at radius 3 is 1.40 bits per heavy atom. The topological polar surface area (TPSA) is 259 Å². The molecule has 3 atom stereocenters. The van der Waals surface area contributed by atoms with Gasteiger partial charge in [-0.3, -0.25) is 33.6 Å². The van der Waals surface area contributed by atoms with Crippen molar-refractivity contribution in [1.29, 1.82) is 0 Å². The molecule has 2 aliphatic heterocycles. The quantitative estimate of drug-likeness (QED) is 0.0448. The van der Waals surface area contributed by atoms with E-state index in [1.54, 1.807) is 90.8 Å². The summed E-state index contributed by atoms with van der Waals surface area (Å²) in [5.41, 5.74) is 5.99. The number of halogens is 4. The zero-order valence-electron chi connectivity index (χ0n) is 49.2. The van der Waals surface area contributed by atoms with E-state index in [9.17, 15) is 55.5 Å². The fourth-order valence-electron chi connectivity index (χ4n) is 10.8. The zero-order valence-corrected chi connectivity index (χ0v) is 53.9. The third kappa shape index (κ3) is 15.5. The van der Waals surface area contributed by atoms with E-state index >= 15 is 0 Å². The molecule has 0 saturated carbocycles. The van der Waals surface area contributed by atoms with Crippen molar-refractivity contribution in [2.75, 3.05) is 25.6 Å². The third-order valence-corrected chi connectivity index (χ3v) is 19.2. The predicted molar refractivity (Wildman–Crippen MR) is 338 cm³/mol. The highest BCUT2D eigenvalue weighted by Crippen LogP contribution is 2.39. The Morgan fingerprint density at radius 2 is 0.978 bits per heavy atom. The van der Waals surface area contributed by atoms with Crippen LogP contribution in [0.4, 0.5) is 0 Å². The molecule has 18 nitrogen and oxygen atoms in total. The van der Waals surface area contributed by atoms with Crippen molar-refractivity contribution in [2.45, 2.75) is 88.5 Å². The molecule has 2 aromatic heterocycles. The lowest BCUT2D eigenvalue weighted by molar-refractivity contribution is -0.189. The number of esters is 2. The van der Waals surface area contributed by atoms with E-state index in [-0.39, 0.29) is 91.6 Å². The molecule has 24 heteroatoms. The van der Waals surface area contributed by atoms with E-state index in [4.69, 9.17) is 64.7 Å². The van der Waals surface area contributed by atoms with Crippen LogP contribution in [0.1, 0.15) is 108 Å². The monoisotopic (exact) mass is 1340 g/mol. The molecule has 0 aliphatic carbocycles. The number of ether oxygens (including phenoxy) is 2. The summed E-state index contributed by atoms with van der Waals surface area (Å²) in [7, 11) is -7.02. The first-order valence-electron chi connectivity index (χ1n) is 28.3. The van der Waals surface area contributed by atoms with Crippen LogP contribution in [0.3, 0.4) is 0 Å². The number of aliphatic carboxylic acids is 1. The second-order valence-electron chi connectivity index (χ2n) is 22.5. The molecule has 0 bridgehead atoms. The van der Waals surface area contributed by atoms with Gasteiger partial charge in [0.15, 0.2) is 31.2 Å². The van der Waals surface area contributed by atoms with Crippen molar-refractivity contribution < 1.29 is 73.8 Å². The third-order valence-electron chi connectivity index (χ3n) is 15.5. The van der Waals surface area contributed by atoms with Crippen LogP contribution in [0.5, 0.6) is 0 Å². The van der Waals surface area contributed by atoms with Crippen LogP contribution in [0.15, 0.2) is 140 Å². The van der Waals surface area contributed by atoms with E-state index in [1.807, 2.05) is 24.3 Å². The van der Waals surface area contributed by atoms with Crippen LogP contribution in [0.2, 0.25) is 20.1 Å². The van der Waals surface area contributed by atoms with Gasteiger partial charge in [-0.15, -0.1) is 0 Å². The molecule has 2 amide bonds. The minimum Gasteiger partial charge on any atom is -0.481 e. The Labute approximate surface area is 538 Å². The molecule has 90 heavy (non-hydrogen) atoms. The molecular weight excluding hydrogens is 1280 g/mol. The number of rotatable bonds is 19. The van der Waals surface area contributed by atoms with Crippen LogP contribution in [-0.2, 0) is 82.3 Å². The van der Waals surface area contributed by atoms with E-state index in [2.05, 4.69) is 0 Å². The van der Waals surface area contributed by atoms with Gasteiger partial charge in [0.25, 0.3) is 11.8 Å². The van der Waals surface area contributed by atoms with Crippen molar-refractivity contribution in [2.24, 2.45) is 17.8 Å². The lowest BCUT2D eigenvalue weighted by Crippen LogP contribution is -2.36. The van der Waals surface area contributed by atoms with Gasteiger partial charge in [0.05, 0.1) is 71.3 Å². The largest absolute Gasteiger partial charge is 0.481 e. The Hall–Kier alpha value is -7.85. The van der Waals surface area contributed by atoms with Gasteiger partial charge in [-0.25, -0.2) is 16.8 Å². The van der Waals surface area contributed by atoms with Gasteiger partial charge in [-0.05, 0) is 132 Å². The van der Waals surface area contributed by atoms with Gasteiger partial charge in [-0.1, -0.05) is 96.6 Å². The molecule has 1 N–H and O–H groups in total. The molecule has 0 spiro atoms. The molecule has 1 unspecified atom stereocenters. The summed E-state index contributed by atoms with van der Waals surface area (Å²) in [5.74, 6) is -6.70. The number of carboxylic acids is 1. The number of furan rings is 2. The highest BCUT2D eigenvalue weighted by Gasteiger charge is 2.34. The molecule has 0 saturated heterocycles. The maximum Gasteiger partial charge on any atom is 0.312 e. The van der Waals surface area contributed by atoms with Crippen LogP contribution in [0, 0.1) is 17.8 Å². The number of carbonyl (C=O) groups excluding carboxylic acids is 6. The van der Waals surface area contributed by atoms with Gasteiger partial charge in [0.1, 0.15) is 11.2 Å². The normalized spacial score (nSPS) is 14.2. The van der Waals surface area contributed by atoms with Crippen molar-refractivity contribution in [3.8, 4) is 0 Å². The molecule has 10 rings (SSSR count). The summed E-state index contributed by atoms with van der Waals surface area (Å²) < 4.78 is 69.6. The lowest BCUT2D eigenvalue weighted by atomic mass is 9.89. The summed E-state index contributed by atoms with van der Waals surface area (Å²) in [6, 6.07) is 29.4. The summed E-state index contributed by atoms with van der Waals surface area (Å²) in [6.45, 7) is 5.83. The number of benzene rings is 6. The summed E-state index contributed by atoms with van der Waals surface area (Å²) in [5, 5.41) is 12.1. The van der Waals surface area contributed by atoms with Gasteiger partial charge >= 0.3 is 17.9 Å². The van der Waals surface area contributed by atoms with E-state index in [0.717, 1.165) is 23.3 Å². The van der Waals surface area contributed by atoms with E-state index < -0.39 is 73.2 Å². The second-order valence-corrected chi connectivity index (χ2v) is 28.1. The Kier molecular flexibility index (Phi) is 20.5. The van der Waals surface area contributed by atoms with E-state index in [1.165, 1.54) is 37.3 Å². The first-order chi connectivity index (χ1) is 42.5. The standard InChI is InChI=1S/C36H35Cl2NO9S.C30H25Cl2NO7S/c1-20(2)35(42)47-21(3)48-36(43)25(14-22-6-5-7-27(15-22)49(4,44)45)17-30(40)32-29(37)16-26-19-39(12-10-28(26)33(32)38)34(41)24-9-8-23-11-13-46-31(23)18-24;1-41(38,39)22-4-2-3-17(12-22)11-20(30(36)37)14-25(34)27-24(31)13-21-16-33(9-7-23(21)28(27)32)29(35)19-6-5-18-8-10-40-26(18)15-19/h5-9,11,13,15-16,18,20-21,25H,10,12,14,17,19H2,1-4H3;2-6,8,10,12-13,15,20H,7,9,11,14,16H2,1H3,(H,36,37)/t21?,25-;20-/m11/s1. The number of hydrogen-bond donors (Lipinski definition) is 1. The Morgan fingerprint density at radius 1 is 0.556 bits per heavy atom. The smallest absolute Gasteiger partial charge is 0.312 e. The van der Waals surface area contributed by atoms with Gasteiger partial charge < -0.3 is 33.2 Å². The van der Waals surface area contributed by atoms with Crippen molar-refractivity contribution in [1.82, 2.24) is 9.80 Å². The molecule has 8 aromatic rings. The molecule has 6 aromatic carbocycles. The maximum absolute atomic E-state index is 13.9. The van der Waals surface area contributed by atoms with Crippen molar-refractivity contribution in [3.05, 3.63) is 197 Å². The fraction of sp³-hybridized carbons (Fsp3) is 0.288. The lowest BCUT2D eigenvalue weighted by Gasteiger charge is -2.30. The first-order valence-corrected chi connectivity index (χ1v) is 33.6. The SMILES string of the molecule is CC(OC(=O)C(C)C)OC(=O)[C@@H](CC(=O)c1c(Cl)cc2c(c1Cl)CCN(C(=O)c1ccc3ccoc3c1)C2)Cc1cccc(S(C)(=O)=O)c1.CS(=O)(=O)c1cccc(C[C@H](CC(=O)c2c(Cl)cc3c(c2Cl)CCN(C(=O)c2ccc4ccoc4c2)C3)C(=O)O)c1. The molecular formula is C66H60Cl4N2O16S2. The van der Waals surface area contributed by atoms with Gasteiger partial charge in [0, 0.05) is 80.4 Å². The first kappa shape index (κ1) is 66.6. The number of amides is 2. The summed E-state index contributed by atoms with van der Waals surface area (Å²) >= 11 is 26.7. The van der Waals surface area contributed by atoms with Gasteiger partial charge in [0.2, 0.25) is 6.29 Å². The average molecular weight is 1340 g/mol. The van der Waals surface area contributed by atoms with E-state index in [0.29, 0.717) is 81.6 Å². The number of Topliss-reactive ketones (excluding diaryl/α,β-unsaturated/α-hetero) is 2. The highest BCUT2D eigenvalue weighted by molar-refractivity contribution is 7.91. The molecule has 4 heterocycles. The maximum atomic E-state index is 13.9. The second kappa shape index (κ2) is 27.7. The number of carboxylic acid groups (broad SMARTS) is 1. The van der Waals surface area contributed by atoms with Gasteiger partial charge in [-0.2, -0.15) is 0 Å². The summed E-state index contributed by atoms with van der Waals surface area (Å²) in [6.07, 6.45) is 3.92. The van der Waals surface area contributed by atoms with Crippen LogP contribution >= 0.6 is 46.4 Å². The minimum atomic E-state index is -3.54. The van der Waals surface area contributed by atoms with Crippen LogP contribution in [-0.4, -0.2) is 105 Å². The Bertz CT molecular complexity index is 4420. The predicted octanol–water partition coefficient (Wildman–Crippen LogP) is 12.7. The Balaban J connectivity index is 0.000000217. The highest BCUT2D eigenvalue weighted by atomic mass is 35.5. The minimum absolute atomic E-state index is 0.0344. The number of hydrogen-bond acceptors (Lipinski definition) is 15. The molecule has 0 fully saturated rings. The number of nitrogens with zero attached hydrogens (tertiary/aromatic N) is 2. The average Bonchev–Trinajstić information content (AvgIpc) is 0.940. The molecule has 470 valence electrons. The van der Waals surface area contributed by atoms with Crippen LogP contribution < -0.4 is 0 Å².